The Morgan fingerprint density at radius 3 is 1.58 bits per heavy atom. The fourth-order valence-electron chi connectivity index (χ4n) is 5.71. The first-order chi connectivity index (χ1) is 17.6. The van der Waals surface area contributed by atoms with Crippen molar-refractivity contribution in [3.05, 3.63) is 36.0 Å². The van der Waals surface area contributed by atoms with Crippen molar-refractivity contribution in [1.29, 1.82) is 0 Å². The summed E-state index contributed by atoms with van der Waals surface area (Å²) >= 11 is 0. The molecule has 2 unspecified atom stereocenters. The molecular formula is C37H65N. The molecule has 218 valence electrons. The highest BCUT2D eigenvalue weighted by Gasteiger charge is 2.26. The van der Waals surface area contributed by atoms with E-state index in [1.807, 2.05) is 0 Å². The number of fused-ring (bicyclic) bond motifs is 1. The van der Waals surface area contributed by atoms with Crippen LogP contribution in [0.15, 0.2) is 30.5 Å². The fourth-order valence-corrected chi connectivity index (χ4v) is 5.71. The Hall–Kier alpha value is -1.24. The summed E-state index contributed by atoms with van der Waals surface area (Å²) in [6.07, 6.45) is 18.1. The normalized spacial score (nSPS) is 19.0. The minimum Gasteiger partial charge on any atom is -0.361 e. The third kappa shape index (κ3) is 11.9. The van der Waals surface area contributed by atoms with E-state index in [9.17, 15) is 0 Å². The maximum absolute atomic E-state index is 3.31. The summed E-state index contributed by atoms with van der Waals surface area (Å²) in [5.74, 6) is 3.90. The maximum atomic E-state index is 3.31. The Morgan fingerprint density at radius 2 is 1.16 bits per heavy atom. The third-order valence-electron chi connectivity index (χ3n) is 9.68. The number of hydrogen-bond acceptors (Lipinski definition) is 0. The van der Waals surface area contributed by atoms with E-state index in [0.717, 1.165) is 30.1 Å². The zero-order chi connectivity index (χ0) is 28.6. The zero-order valence-corrected chi connectivity index (χ0v) is 27.5. The summed E-state index contributed by atoms with van der Waals surface area (Å²) < 4.78 is 0. The van der Waals surface area contributed by atoms with Crippen LogP contribution in [0.1, 0.15) is 146 Å². The molecule has 0 aliphatic heterocycles. The van der Waals surface area contributed by atoms with Gasteiger partial charge in [0.05, 0.1) is 0 Å². The van der Waals surface area contributed by atoms with Crippen LogP contribution < -0.4 is 0 Å². The minimum atomic E-state index is 0.352. The number of para-hydroxylation sites is 1. The smallest absolute Gasteiger partial charge is 0.0456 e. The molecule has 1 heteroatoms. The highest BCUT2D eigenvalue weighted by molar-refractivity contribution is 5.83. The first-order valence-electron chi connectivity index (χ1n) is 16.1. The lowest BCUT2D eigenvalue weighted by Gasteiger charge is -2.34. The van der Waals surface area contributed by atoms with Gasteiger partial charge >= 0.3 is 0 Å². The van der Waals surface area contributed by atoms with Crippen molar-refractivity contribution >= 4 is 10.9 Å². The second-order valence-corrected chi connectivity index (χ2v) is 16.4. The Labute approximate surface area is 238 Å². The number of H-pyrrole nitrogens is 1. The third-order valence-corrected chi connectivity index (χ3v) is 9.68. The summed E-state index contributed by atoms with van der Waals surface area (Å²) in [7, 11) is 0. The fraction of sp³-hybridized carbons (Fsp3) is 0.784. The molecule has 1 aromatic heterocycles. The average molecular weight is 524 g/mol. The van der Waals surface area contributed by atoms with Gasteiger partial charge in [-0.2, -0.15) is 0 Å². The highest BCUT2D eigenvalue weighted by atomic mass is 14.7. The summed E-state index contributed by atoms with van der Waals surface area (Å²) in [6.45, 7) is 25.8. The minimum absolute atomic E-state index is 0.352. The first-order valence-corrected chi connectivity index (χ1v) is 16.1. The predicted molar refractivity (Wildman–Crippen MR) is 172 cm³/mol. The van der Waals surface area contributed by atoms with Crippen LogP contribution in [0.5, 0.6) is 0 Å². The van der Waals surface area contributed by atoms with Crippen LogP contribution in [0, 0.1) is 39.9 Å². The van der Waals surface area contributed by atoms with E-state index in [1.54, 1.807) is 0 Å². The van der Waals surface area contributed by atoms with Crippen LogP contribution in [0.3, 0.4) is 0 Å². The number of aromatic amines is 1. The maximum Gasteiger partial charge on any atom is 0.0456 e. The van der Waals surface area contributed by atoms with Gasteiger partial charge in [0.1, 0.15) is 0 Å². The van der Waals surface area contributed by atoms with Gasteiger partial charge in [-0.15, -0.1) is 0 Å². The molecule has 0 bridgehead atoms. The van der Waals surface area contributed by atoms with E-state index in [2.05, 4.69) is 112 Å². The lowest BCUT2D eigenvalue weighted by atomic mass is 9.72. The molecule has 38 heavy (non-hydrogen) atoms. The van der Waals surface area contributed by atoms with Crippen molar-refractivity contribution in [3.63, 3.8) is 0 Å². The zero-order valence-electron chi connectivity index (χ0n) is 27.5. The van der Waals surface area contributed by atoms with Crippen molar-refractivity contribution in [3.8, 4) is 0 Å². The second kappa shape index (κ2) is 14.4. The van der Waals surface area contributed by atoms with E-state index in [1.165, 1.54) is 80.7 Å². The molecule has 2 aliphatic rings. The summed E-state index contributed by atoms with van der Waals surface area (Å²) in [6, 6.07) is 8.48. The molecule has 2 fully saturated rings. The lowest BCUT2D eigenvalue weighted by molar-refractivity contribution is 0.171. The number of hydrogen-bond donors (Lipinski definition) is 1. The molecular weight excluding hydrogens is 458 g/mol. The van der Waals surface area contributed by atoms with E-state index in [0.29, 0.717) is 16.2 Å². The van der Waals surface area contributed by atoms with E-state index in [-0.39, 0.29) is 0 Å². The van der Waals surface area contributed by atoms with Crippen molar-refractivity contribution in [1.82, 2.24) is 4.98 Å². The van der Waals surface area contributed by atoms with Crippen LogP contribution in [0.2, 0.25) is 0 Å². The van der Waals surface area contributed by atoms with Crippen LogP contribution in [-0.2, 0) is 6.42 Å². The molecule has 2 aliphatic carbocycles. The van der Waals surface area contributed by atoms with Crippen molar-refractivity contribution in [2.45, 2.75) is 147 Å². The molecule has 4 rings (SSSR count). The van der Waals surface area contributed by atoms with Gasteiger partial charge in [0.25, 0.3) is 0 Å². The molecule has 0 spiro atoms. The Bertz CT molecular complexity index is 903. The van der Waals surface area contributed by atoms with Crippen molar-refractivity contribution in [2.24, 2.45) is 39.9 Å². The van der Waals surface area contributed by atoms with Gasteiger partial charge in [-0.05, 0) is 70.8 Å². The molecule has 0 amide bonds. The number of benzene rings is 1. The van der Waals surface area contributed by atoms with E-state index >= 15 is 0 Å². The molecule has 2 atom stereocenters. The summed E-state index contributed by atoms with van der Waals surface area (Å²) in [4.78, 5) is 3.31. The summed E-state index contributed by atoms with van der Waals surface area (Å²) in [5, 5.41) is 1.36. The van der Waals surface area contributed by atoms with Gasteiger partial charge < -0.3 is 4.98 Å². The Balaban J connectivity index is 0.000000202. The van der Waals surface area contributed by atoms with Gasteiger partial charge in [0.2, 0.25) is 0 Å². The molecule has 2 aromatic rings. The van der Waals surface area contributed by atoms with Crippen LogP contribution >= 0.6 is 0 Å². The molecule has 0 radical (unpaired) electrons. The van der Waals surface area contributed by atoms with Crippen LogP contribution in [-0.4, -0.2) is 4.98 Å². The highest BCUT2D eigenvalue weighted by Crippen LogP contribution is 2.38. The van der Waals surface area contributed by atoms with Crippen molar-refractivity contribution in [2.75, 3.05) is 0 Å². The van der Waals surface area contributed by atoms with Crippen molar-refractivity contribution < 1.29 is 0 Å². The SMILES string of the molecule is CC(C)(C)Cc1c[nH]c2ccccc12.CC(CC1CCC1)C(C)(C)C.CC(CC1CCCCC1)C(C)(C)C. The van der Waals surface area contributed by atoms with Crippen LogP contribution in [0.25, 0.3) is 10.9 Å². The first kappa shape index (κ1) is 33.0. The van der Waals surface area contributed by atoms with Gasteiger partial charge in [-0.1, -0.05) is 146 Å². The predicted octanol–water partition coefficient (Wildman–Crippen LogP) is 12.3. The number of nitrogens with one attached hydrogen (secondary N) is 1. The Morgan fingerprint density at radius 1 is 0.684 bits per heavy atom. The van der Waals surface area contributed by atoms with Gasteiger partial charge in [-0.3, -0.25) is 0 Å². The molecule has 1 aromatic carbocycles. The topological polar surface area (TPSA) is 15.8 Å². The summed E-state index contributed by atoms with van der Waals surface area (Å²) in [5.41, 5.74) is 4.05. The van der Waals surface area contributed by atoms with Gasteiger partial charge in [0, 0.05) is 17.1 Å². The molecule has 1 N–H and O–H groups in total. The number of aromatic nitrogens is 1. The standard InChI is InChI=1S/C13H17N.C13H26.C11H22/c1-13(2,3)8-10-9-14-12-7-5-4-6-11(10)12;1-11(13(2,3)4)10-12-8-6-5-7-9-12;1-9(11(2,3)4)8-10-6-5-7-10/h4-7,9,14H,8H2,1-3H3;11-12H,5-10H2,1-4H3;9-10H,5-8H2,1-4H3. The number of rotatable bonds is 5. The quantitative estimate of drug-likeness (QED) is 0.401. The largest absolute Gasteiger partial charge is 0.361 e. The second-order valence-electron chi connectivity index (χ2n) is 16.4. The van der Waals surface area contributed by atoms with Gasteiger partial charge in [0.15, 0.2) is 0 Å². The lowest BCUT2D eigenvalue weighted by Crippen LogP contribution is -2.23. The van der Waals surface area contributed by atoms with Crippen LogP contribution in [0.4, 0.5) is 0 Å². The monoisotopic (exact) mass is 524 g/mol. The van der Waals surface area contributed by atoms with E-state index in [4.69, 9.17) is 0 Å². The molecule has 2 saturated carbocycles. The van der Waals surface area contributed by atoms with E-state index < -0.39 is 0 Å². The molecule has 1 nitrogen and oxygen atoms in total. The average Bonchev–Trinajstić information content (AvgIpc) is 3.18. The molecule has 1 heterocycles. The van der Waals surface area contributed by atoms with Gasteiger partial charge in [-0.25, -0.2) is 0 Å². The Kier molecular flexibility index (Phi) is 12.5. The molecule has 0 saturated heterocycles.